The Morgan fingerprint density at radius 2 is 1.94 bits per heavy atom. The Bertz CT molecular complexity index is 312. The fourth-order valence-electron chi connectivity index (χ4n) is 2.18. The third-order valence-electron chi connectivity index (χ3n) is 3.13. The number of aliphatic hydroxyl groups excluding tert-OH is 2. The van der Waals surface area contributed by atoms with Crippen LogP contribution in [0.25, 0.3) is 0 Å². The van der Waals surface area contributed by atoms with Crippen LogP contribution in [0.15, 0.2) is 30.3 Å². The normalized spacial score (nSPS) is 29.5. The molecule has 0 heterocycles. The van der Waals surface area contributed by atoms with Gasteiger partial charge < -0.3 is 14.9 Å². The summed E-state index contributed by atoms with van der Waals surface area (Å²) < 4.78 is 5.67. The molecule has 1 aliphatic carbocycles. The van der Waals surface area contributed by atoms with Crippen LogP contribution in [0.4, 0.5) is 0 Å². The van der Waals surface area contributed by atoms with Gasteiger partial charge in [-0.2, -0.15) is 0 Å². The van der Waals surface area contributed by atoms with Gasteiger partial charge in [0, 0.05) is 6.61 Å². The van der Waals surface area contributed by atoms with Gasteiger partial charge >= 0.3 is 0 Å². The van der Waals surface area contributed by atoms with Crippen LogP contribution in [0.3, 0.4) is 0 Å². The summed E-state index contributed by atoms with van der Waals surface area (Å²) in [6, 6.07) is 9.92. The number of hydrogen-bond donors (Lipinski definition) is 2. The van der Waals surface area contributed by atoms with E-state index in [2.05, 4.69) is 0 Å². The lowest BCUT2D eigenvalue weighted by Gasteiger charge is -2.15. The zero-order valence-corrected chi connectivity index (χ0v) is 9.25. The van der Waals surface area contributed by atoms with Gasteiger partial charge in [0.15, 0.2) is 0 Å². The fraction of sp³-hybridized carbons (Fsp3) is 0.538. The summed E-state index contributed by atoms with van der Waals surface area (Å²) in [5.41, 5.74) is 1.11. The van der Waals surface area contributed by atoms with Crippen LogP contribution >= 0.6 is 0 Å². The molecule has 3 nitrogen and oxygen atoms in total. The summed E-state index contributed by atoms with van der Waals surface area (Å²) in [7, 11) is 0. The van der Waals surface area contributed by atoms with Crippen LogP contribution < -0.4 is 0 Å². The van der Waals surface area contributed by atoms with Crippen LogP contribution in [-0.4, -0.2) is 29.0 Å². The topological polar surface area (TPSA) is 49.7 Å². The molecule has 16 heavy (non-hydrogen) atoms. The Morgan fingerprint density at radius 3 is 2.56 bits per heavy atom. The van der Waals surface area contributed by atoms with E-state index in [4.69, 9.17) is 9.84 Å². The lowest BCUT2D eigenvalue weighted by molar-refractivity contribution is -0.0276. The number of rotatable bonds is 4. The smallest absolute Gasteiger partial charge is 0.0842 e. The zero-order chi connectivity index (χ0) is 11.4. The van der Waals surface area contributed by atoms with Crippen LogP contribution in [0.1, 0.15) is 18.4 Å². The molecule has 1 aromatic carbocycles. The quantitative estimate of drug-likeness (QED) is 0.808. The maximum absolute atomic E-state index is 9.73. The van der Waals surface area contributed by atoms with Crippen LogP contribution in [0.5, 0.6) is 0 Å². The van der Waals surface area contributed by atoms with E-state index < -0.39 is 6.10 Å². The predicted octanol–water partition coefficient (Wildman–Crippen LogP) is 1.33. The maximum atomic E-state index is 9.73. The lowest BCUT2D eigenvalue weighted by atomic mass is 10.1. The van der Waals surface area contributed by atoms with Crippen LogP contribution in [0.2, 0.25) is 0 Å². The predicted molar refractivity (Wildman–Crippen MR) is 60.8 cm³/mol. The monoisotopic (exact) mass is 222 g/mol. The van der Waals surface area contributed by atoms with Gasteiger partial charge in [-0.1, -0.05) is 30.3 Å². The van der Waals surface area contributed by atoms with Crippen LogP contribution in [0, 0.1) is 5.92 Å². The summed E-state index contributed by atoms with van der Waals surface area (Å²) in [5, 5.41) is 18.8. The second-order valence-corrected chi connectivity index (χ2v) is 4.42. The summed E-state index contributed by atoms with van der Waals surface area (Å²) in [5.74, 6) is 0.191. The van der Waals surface area contributed by atoms with Crippen molar-refractivity contribution in [2.24, 2.45) is 5.92 Å². The van der Waals surface area contributed by atoms with Crippen molar-refractivity contribution in [3.05, 3.63) is 35.9 Å². The van der Waals surface area contributed by atoms with E-state index in [1.807, 2.05) is 30.3 Å². The Labute approximate surface area is 95.7 Å². The minimum Gasteiger partial charge on any atom is -0.396 e. The van der Waals surface area contributed by atoms with E-state index in [1.54, 1.807) is 0 Å². The molecule has 0 unspecified atom stereocenters. The molecular formula is C13H18O3. The molecule has 0 bridgehead atoms. The first kappa shape index (κ1) is 11.6. The number of ether oxygens (including phenoxy) is 1. The van der Waals surface area contributed by atoms with Gasteiger partial charge in [0.1, 0.15) is 0 Å². The van der Waals surface area contributed by atoms with E-state index in [0.717, 1.165) is 12.0 Å². The average Bonchev–Trinajstić information content (AvgIpc) is 2.69. The summed E-state index contributed by atoms with van der Waals surface area (Å²) in [4.78, 5) is 0. The van der Waals surface area contributed by atoms with Crippen molar-refractivity contribution >= 4 is 0 Å². The number of aliphatic hydroxyl groups is 2. The third kappa shape index (κ3) is 2.82. The van der Waals surface area contributed by atoms with Crippen molar-refractivity contribution in [3.63, 3.8) is 0 Å². The molecule has 2 rings (SSSR count). The highest BCUT2D eigenvalue weighted by Gasteiger charge is 2.33. The largest absolute Gasteiger partial charge is 0.396 e. The van der Waals surface area contributed by atoms with Gasteiger partial charge in [-0.05, 0) is 24.3 Å². The molecule has 1 saturated carbocycles. The van der Waals surface area contributed by atoms with Gasteiger partial charge in [-0.15, -0.1) is 0 Å². The fourth-order valence-corrected chi connectivity index (χ4v) is 2.18. The van der Waals surface area contributed by atoms with E-state index >= 15 is 0 Å². The molecular weight excluding hydrogens is 204 g/mol. The third-order valence-corrected chi connectivity index (χ3v) is 3.13. The first-order chi connectivity index (χ1) is 7.79. The SMILES string of the molecule is OC[C@@H]1C[C@@H](O)[C@@H](OCc2ccccc2)C1. The van der Waals surface area contributed by atoms with Gasteiger partial charge in [-0.3, -0.25) is 0 Å². The van der Waals surface area contributed by atoms with E-state index in [-0.39, 0.29) is 18.6 Å². The van der Waals surface area contributed by atoms with Gasteiger partial charge in [0.05, 0.1) is 18.8 Å². The van der Waals surface area contributed by atoms with Crippen molar-refractivity contribution in [1.82, 2.24) is 0 Å². The molecule has 0 saturated heterocycles. The summed E-state index contributed by atoms with van der Waals surface area (Å²) in [6.07, 6.45) is 0.846. The number of benzene rings is 1. The van der Waals surface area contributed by atoms with Gasteiger partial charge in [-0.25, -0.2) is 0 Å². The molecule has 3 atom stereocenters. The highest BCUT2D eigenvalue weighted by Crippen LogP contribution is 2.28. The van der Waals surface area contributed by atoms with Crippen molar-refractivity contribution in [1.29, 1.82) is 0 Å². The highest BCUT2D eigenvalue weighted by molar-refractivity contribution is 5.13. The van der Waals surface area contributed by atoms with Gasteiger partial charge in [0.2, 0.25) is 0 Å². The molecule has 0 radical (unpaired) electrons. The van der Waals surface area contributed by atoms with Gasteiger partial charge in [0.25, 0.3) is 0 Å². The molecule has 88 valence electrons. The molecule has 0 aliphatic heterocycles. The highest BCUT2D eigenvalue weighted by atomic mass is 16.5. The molecule has 2 N–H and O–H groups in total. The Kier molecular flexibility index (Phi) is 3.93. The van der Waals surface area contributed by atoms with Crippen molar-refractivity contribution < 1.29 is 14.9 Å². The van der Waals surface area contributed by atoms with E-state index in [1.165, 1.54) is 0 Å². The Morgan fingerprint density at radius 1 is 1.19 bits per heavy atom. The van der Waals surface area contributed by atoms with Crippen molar-refractivity contribution in [2.75, 3.05) is 6.61 Å². The standard InChI is InChI=1S/C13H18O3/c14-8-11-6-12(15)13(7-11)16-9-10-4-2-1-3-5-10/h1-5,11-15H,6-9H2/t11-,12-,13+/m1/s1. The Hall–Kier alpha value is -0.900. The van der Waals surface area contributed by atoms with E-state index in [9.17, 15) is 5.11 Å². The summed E-state index contributed by atoms with van der Waals surface area (Å²) in [6.45, 7) is 0.670. The zero-order valence-electron chi connectivity index (χ0n) is 9.25. The van der Waals surface area contributed by atoms with Crippen molar-refractivity contribution in [2.45, 2.75) is 31.7 Å². The summed E-state index contributed by atoms with van der Waals surface area (Å²) >= 11 is 0. The molecule has 0 amide bonds. The Balaban J connectivity index is 1.82. The second kappa shape index (κ2) is 5.43. The molecule has 3 heteroatoms. The second-order valence-electron chi connectivity index (χ2n) is 4.42. The minimum absolute atomic E-state index is 0.127. The minimum atomic E-state index is -0.430. The average molecular weight is 222 g/mol. The molecule has 1 fully saturated rings. The first-order valence-corrected chi connectivity index (χ1v) is 5.74. The molecule has 0 aromatic heterocycles. The maximum Gasteiger partial charge on any atom is 0.0842 e. The van der Waals surface area contributed by atoms with E-state index in [0.29, 0.717) is 13.0 Å². The van der Waals surface area contributed by atoms with Crippen molar-refractivity contribution in [3.8, 4) is 0 Å². The molecule has 1 aliphatic rings. The first-order valence-electron chi connectivity index (χ1n) is 5.74. The van der Waals surface area contributed by atoms with Crippen LogP contribution in [-0.2, 0) is 11.3 Å². The molecule has 1 aromatic rings. The lowest BCUT2D eigenvalue weighted by Crippen LogP contribution is -2.22. The number of hydrogen-bond acceptors (Lipinski definition) is 3. The molecule has 0 spiro atoms.